The summed E-state index contributed by atoms with van der Waals surface area (Å²) in [4.78, 5) is 23.4. The average molecular weight is 544 g/mol. The number of anilines is 2. The van der Waals surface area contributed by atoms with Crippen LogP contribution in [0.5, 0.6) is 11.5 Å². The van der Waals surface area contributed by atoms with E-state index in [-0.39, 0.29) is 5.91 Å². The van der Waals surface area contributed by atoms with Gasteiger partial charge in [0.1, 0.15) is 17.9 Å². The lowest BCUT2D eigenvalue weighted by Gasteiger charge is -2.26. The number of hydrogen-bond donors (Lipinski definition) is 2. The zero-order valence-corrected chi connectivity index (χ0v) is 22.5. The van der Waals surface area contributed by atoms with Crippen LogP contribution in [0.2, 0.25) is 0 Å². The maximum absolute atomic E-state index is 12.1. The van der Waals surface area contributed by atoms with Crippen LogP contribution in [0.15, 0.2) is 71.6 Å². The molecule has 3 heterocycles. The molecular weight excluding hydrogens is 510 g/mol. The number of morpholine rings is 1. The van der Waals surface area contributed by atoms with Crippen molar-refractivity contribution in [3.8, 4) is 11.5 Å². The van der Waals surface area contributed by atoms with Crippen molar-refractivity contribution >= 4 is 34.4 Å². The molecule has 2 N–H and O–H groups in total. The van der Waals surface area contributed by atoms with E-state index in [0.717, 1.165) is 61.4 Å². The van der Waals surface area contributed by atoms with Gasteiger partial charge in [0.05, 0.1) is 45.3 Å². The first kappa shape index (κ1) is 27.2. The third kappa shape index (κ3) is 7.37. The molecule has 1 amide bonds. The minimum Gasteiger partial charge on any atom is -0.493 e. The van der Waals surface area contributed by atoms with Crippen molar-refractivity contribution in [2.75, 3.05) is 51.9 Å². The van der Waals surface area contributed by atoms with Gasteiger partial charge in [-0.3, -0.25) is 9.69 Å². The second kappa shape index (κ2) is 13.6. The summed E-state index contributed by atoms with van der Waals surface area (Å²) in [6.07, 6.45) is 7.28. The van der Waals surface area contributed by atoms with Gasteiger partial charge < -0.3 is 29.3 Å². The number of nitrogens with one attached hydrogen (secondary N) is 2. The summed E-state index contributed by atoms with van der Waals surface area (Å²) < 4.78 is 22.3. The Hall–Kier alpha value is -4.41. The Morgan fingerprint density at radius 1 is 1.10 bits per heavy atom. The number of methoxy groups -OCH3 is 1. The quantitative estimate of drug-likeness (QED) is 0.198. The molecule has 0 aliphatic carbocycles. The third-order valence-corrected chi connectivity index (χ3v) is 6.52. The van der Waals surface area contributed by atoms with E-state index in [2.05, 4.69) is 25.5 Å². The number of carbonyl (C=O) groups is 1. The minimum absolute atomic E-state index is 0.194. The van der Waals surface area contributed by atoms with E-state index < -0.39 is 0 Å². The molecule has 2 aromatic carbocycles. The summed E-state index contributed by atoms with van der Waals surface area (Å²) in [5, 5.41) is 6.96. The molecule has 0 unspecified atom stereocenters. The molecule has 4 aromatic rings. The van der Waals surface area contributed by atoms with Crippen molar-refractivity contribution in [1.82, 2.24) is 20.2 Å². The summed E-state index contributed by atoms with van der Waals surface area (Å²) in [7, 11) is 1.63. The second-order valence-electron chi connectivity index (χ2n) is 9.28. The van der Waals surface area contributed by atoms with Gasteiger partial charge in [-0.15, -0.1) is 0 Å². The minimum atomic E-state index is -0.194. The molecule has 0 radical (unpaired) electrons. The molecule has 40 heavy (non-hydrogen) atoms. The number of ether oxygens (including phenoxy) is 3. The van der Waals surface area contributed by atoms with Crippen molar-refractivity contribution < 1.29 is 23.4 Å². The fourth-order valence-electron chi connectivity index (χ4n) is 4.36. The summed E-state index contributed by atoms with van der Waals surface area (Å²) in [5.74, 6) is 2.45. The summed E-state index contributed by atoms with van der Waals surface area (Å²) in [6, 6.07) is 15.1. The highest BCUT2D eigenvalue weighted by Crippen LogP contribution is 2.34. The largest absolute Gasteiger partial charge is 0.493 e. The number of furan rings is 1. The maximum atomic E-state index is 12.1. The number of carbonyl (C=O) groups excluding carboxylic acids is 1. The van der Waals surface area contributed by atoms with Gasteiger partial charge in [0.25, 0.3) is 0 Å². The first-order chi connectivity index (χ1) is 19.7. The SMILES string of the molecule is COc1cc2c(Nc3ccc(C=CC(=O)NCc4ccco4)cc3)ncnc2cc1OCCCN1CCOCC1. The average Bonchev–Trinajstić information content (AvgIpc) is 3.52. The van der Waals surface area contributed by atoms with Crippen LogP contribution in [-0.2, 0) is 16.1 Å². The van der Waals surface area contributed by atoms with Crippen molar-refractivity contribution in [2.45, 2.75) is 13.0 Å². The van der Waals surface area contributed by atoms with Gasteiger partial charge in [0.2, 0.25) is 5.91 Å². The molecular formula is C30H33N5O5. The Morgan fingerprint density at radius 2 is 1.95 bits per heavy atom. The first-order valence-corrected chi connectivity index (χ1v) is 13.3. The molecule has 1 aliphatic heterocycles. The van der Waals surface area contributed by atoms with Crippen LogP contribution in [0.4, 0.5) is 11.5 Å². The lowest BCUT2D eigenvalue weighted by Crippen LogP contribution is -2.37. The fourth-order valence-corrected chi connectivity index (χ4v) is 4.36. The Labute approximate surface area is 233 Å². The number of fused-ring (bicyclic) bond motifs is 1. The highest BCUT2D eigenvalue weighted by molar-refractivity contribution is 5.93. The molecule has 1 fully saturated rings. The van der Waals surface area contributed by atoms with Gasteiger partial charge in [-0.2, -0.15) is 0 Å². The van der Waals surface area contributed by atoms with Crippen molar-refractivity contribution in [2.24, 2.45) is 0 Å². The Kier molecular flexibility index (Phi) is 9.23. The van der Waals surface area contributed by atoms with Gasteiger partial charge in [-0.1, -0.05) is 12.1 Å². The number of nitrogens with zero attached hydrogens (tertiary/aromatic N) is 3. The lowest BCUT2D eigenvalue weighted by molar-refractivity contribution is -0.116. The molecule has 2 aromatic heterocycles. The van der Waals surface area contributed by atoms with Crippen LogP contribution in [0, 0.1) is 0 Å². The number of benzene rings is 2. The monoisotopic (exact) mass is 543 g/mol. The van der Waals surface area contributed by atoms with E-state index in [0.29, 0.717) is 36.2 Å². The zero-order chi connectivity index (χ0) is 27.6. The second-order valence-corrected chi connectivity index (χ2v) is 9.28. The standard InChI is InChI=1S/C30H33N5O5/c1-37-27-18-25-26(19-28(27)40-15-3-11-35-12-16-38-17-13-35)32-21-33-30(25)34-23-8-5-22(6-9-23)7-10-29(36)31-20-24-4-2-14-39-24/h2,4-10,14,18-19,21H,3,11-13,15-17,20H2,1H3,(H,31,36)(H,32,33,34). The lowest BCUT2D eigenvalue weighted by atomic mass is 10.1. The highest BCUT2D eigenvalue weighted by atomic mass is 16.5. The van der Waals surface area contributed by atoms with E-state index in [9.17, 15) is 4.79 Å². The molecule has 10 heteroatoms. The molecule has 0 spiro atoms. The normalized spacial score (nSPS) is 13.9. The molecule has 5 rings (SSSR count). The van der Waals surface area contributed by atoms with Crippen molar-refractivity contribution in [3.63, 3.8) is 0 Å². The maximum Gasteiger partial charge on any atom is 0.244 e. The first-order valence-electron chi connectivity index (χ1n) is 13.3. The molecule has 1 saturated heterocycles. The zero-order valence-electron chi connectivity index (χ0n) is 22.5. The van der Waals surface area contributed by atoms with Gasteiger partial charge in [-0.25, -0.2) is 9.97 Å². The van der Waals surface area contributed by atoms with Crippen LogP contribution in [0.25, 0.3) is 17.0 Å². The fraction of sp³-hybridized carbons (Fsp3) is 0.300. The molecule has 208 valence electrons. The topological polar surface area (TPSA) is 111 Å². The van der Waals surface area contributed by atoms with E-state index in [4.69, 9.17) is 18.6 Å². The highest BCUT2D eigenvalue weighted by Gasteiger charge is 2.13. The van der Waals surface area contributed by atoms with E-state index >= 15 is 0 Å². The van der Waals surface area contributed by atoms with E-state index in [1.54, 1.807) is 25.5 Å². The Morgan fingerprint density at radius 3 is 2.73 bits per heavy atom. The van der Waals surface area contributed by atoms with E-state index in [1.807, 2.05) is 42.5 Å². The van der Waals surface area contributed by atoms with Crippen molar-refractivity contribution in [1.29, 1.82) is 0 Å². The molecule has 10 nitrogen and oxygen atoms in total. The molecule has 0 bridgehead atoms. The van der Waals surface area contributed by atoms with Gasteiger partial charge in [-0.05, 0) is 48.4 Å². The van der Waals surface area contributed by atoms with Gasteiger partial charge in [0.15, 0.2) is 11.5 Å². The Balaban J connectivity index is 1.19. The van der Waals surface area contributed by atoms with Crippen LogP contribution in [0.1, 0.15) is 17.7 Å². The number of aromatic nitrogens is 2. The van der Waals surface area contributed by atoms with E-state index in [1.165, 1.54) is 12.4 Å². The van der Waals surface area contributed by atoms with Gasteiger partial charge in [0, 0.05) is 42.9 Å². The summed E-state index contributed by atoms with van der Waals surface area (Å²) >= 11 is 0. The van der Waals surface area contributed by atoms with Crippen LogP contribution >= 0.6 is 0 Å². The number of amides is 1. The Bertz CT molecular complexity index is 1420. The van der Waals surface area contributed by atoms with Crippen molar-refractivity contribution in [3.05, 3.63) is 78.5 Å². The van der Waals surface area contributed by atoms with Crippen LogP contribution < -0.4 is 20.1 Å². The molecule has 0 atom stereocenters. The molecule has 1 aliphatic rings. The van der Waals surface area contributed by atoms with Gasteiger partial charge >= 0.3 is 0 Å². The number of rotatable bonds is 12. The summed E-state index contributed by atoms with van der Waals surface area (Å²) in [5.41, 5.74) is 2.49. The predicted octanol–water partition coefficient (Wildman–Crippen LogP) is 4.41. The predicted molar refractivity (Wildman–Crippen MR) is 153 cm³/mol. The molecule has 0 saturated carbocycles. The van der Waals surface area contributed by atoms with Crippen LogP contribution in [0.3, 0.4) is 0 Å². The summed E-state index contributed by atoms with van der Waals surface area (Å²) in [6.45, 7) is 5.43. The third-order valence-electron chi connectivity index (χ3n) is 6.52. The number of hydrogen-bond acceptors (Lipinski definition) is 9. The smallest absolute Gasteiger partial charge is 0.244 e. The van der Waals surface area contributed by atoms with Crippen LogP contribution in [-0.4, -0.2) is 67.3 Å².